The molecule has 0 amide bonds. The lowest BCUT2D eigenvalue weighted by molar-refractivity contribution is -0.896. The molecule has 0 saturated heterocycles. The lowest BCUT2D eigenvalue weighted by Crippen LogP contribution is -3.11. The minimum absolute atomic E-state index is 0.225. The van der Waals surface area contributed by atoms with Gasteiger partial charge >= 0.3 is 0 Å². The Bertz CT molecular complexity index is 812. The van der Waals surface area contributed by atoms with Crippen LogP contribution in [0.3, 0.4) is 0 Å². The number of halogens is 1. The molecule has 4 nitrogen and oxygen atoms in total. The average Bonchev–Trinajstić information content (AvgIpc) is 3.07. The van der Waals surface area contributed by atoms with E-state index in [1.165, 1.54) is 12.1 Å². The van der Waals surface area contributed by atoms with Gasteiger partial charge in [-0.05, 0) is 31.5 Å². The molecular weight excluding hydrogens is 335 g/mol. The molecule has 2 N–H and O–H groups in total. The zero-order chi connectivity index (χ0) is 17.6. The molecule has 0 radical (unpaired) electrons. The summed E-state index contributed by atoms with van der Waals surface area (Å²) in [5.41, 5.74) is 2.04. The zero-order valence-corrected chi connectivity index (χ0v) is 15.5. The summed E-state index contributed by atoms with van der Waals surface area (Å²) in [7, 11) is 0. The molecule has 6 heteroatoms. The van der Waals surface area contributed by atoms with Gasteiger partial charge in [-0.2, -0.15) is 0 Å². The number of fused-ring (bicyclic) bond motifs is 1. The van der Waals surface area contributed by atoms with Gasteiger partial charge in [0, 0.05) is 23.9 Å². The van der Waals surface area contributed by atoms with Crippen LogP contribution in [0.15, 0.2) is 36.0 Å². The average molecular weight is 359 g/mol. The maximum absolute atomic E-state index is 13.2. The number of hydrogen-bond acceptors (Lipinski definition) is 4. The van der Waals surface area contributed by atoms with E-state index in [4.69, 9.17) is 0 Å². The Morgan fingerprint density at radius 2 is 1.88 bits per heavy atom. The second kappa shape index (κ2) is 8.36. The number of benzene rings is 1. The molecule has 1 aromatic carbocycles. The molecule has 0 aliphatic rings. The Balaban J connectivity index is 1.79. The first-order valence-corrected chi connectivity index (χ1v) is 9.66. The summed E-state index contributed by atoms with van der Waals surface area (Å²) < 4.78 is 13.2. The van der Waals surface area contributed by atoms with E-state index in [0.29, 0.717) is 0 Å². The molecule has 0 spiro atoms. The van der Waals surface area contributed by atoms with Crippen molar-refractivity contribution in [1.29, 1.82) is 0 Å². The zero-order valence-electron chi connectivity index (χ0n) is 14.7. The van der Waals surface area contributed by atoms with Gasteiger partial charge in [-0.1, -0.05) is 12.1 Å². The lowest BCUT2D eigenvalue weighted by atomic mass is 10.1. The highest BCUT2D eigenvalue weighted by atomic mass is 32.1. The molecule has 2 aromatic heterocycles. The number of rotatable bonds is 8. The smallest absolute Gasteiger partial charge is 0.138 e. The van der Waals surface area contributed by atoms with Crippen molar-refractivity contribution in [3.8, 4) is 11.1 Å². The van der Waals surface area contributed by atoms with E-state index in [1.54, 1.807) is 34.7 Å². The van der Waals surface area contributed by atoms with Crippen LogP contribution in [0, 0.1) is 5.82 Å². The molecule has 0 unspecified atom stereocenters. The van der Waals surface area contributed by atoms with Gasteiger partial charge in [-0.3, -0.25) is 0 Å². The number of quaternary nitrogens is 1. The van der Waals surface area contributed by atoms with E-state index >= 15 is 0 Å². The number of hydrogen-bond donors (Lipinski definition) is 2. The fourth-order valence-corrected chi connectivity index (χ4v) is 3.92. The first kappa shape index (κ1) is 17.8. The van der Waals surface area contributed by atoms with E-state index in [0.717, 1.165) is 59.8 Å². The summed E-state index contributed by atoms with van der Waals surface area (Å²) in [4.78, 5) is 11.4. The standard InChI is InChI=1S/C19H23FN4S/c1-3-24(4-2)11-5-10-21-18-17-16(12-25-19(17)23-13-22-18)14-6-8-15(20)9-7-14/h6-9,12-13H,3-5,10-11H2,1-2H3,(H,21,22,23)/p+1. The minimum Gasteiger partial charge on any atom is -0.369 e. The first-order valence-electron chi connectivity index (χ1n) is 8.78. The molecule has 2 heterocycles. The van der Waals surface area contributed by atoms with Crippen LogP contribution < -0.4 is 10.2 Å². The van der Waals surface area contributed by atoms with Crippen LogP contribution in [-0.4, -0.2) is 36.1 Å². The third-order valence-electron chi connectivity index (χ3n) is 4.53. The molecule has 0 atom stereocenters. The Labute approximate surface area is 151 Å². The fraction of sp³-hybridized carbons (Fsp3) is 0.368. The van der Waals surface area contributed by atoms with Crippen molar-refractivity contribution < 1.29 is 9.29 Å². The molecule has 25 heavy (non-hydrogen) atoms. The summed E-state index contributed by atoms with van der Waals surface area (Å²) in [6.07, 6.45) is 2.70. The molecule has 0 bridgehead atoms. The third kappa shape index (κ3) is 4.14. The second-order valence-corrected chi connectivity index (χ2v) is 6.90. The van der Waals surface area contributed by atoms with Crippen LogP contribution >= 0.6 is 11.3 Å². The molecule has 3 aromatic rings. The van der Waals surface area contributed by atoms with Gasteiger partial charge in [0.2, 0.25) is 0 Å². The van der Waals surface area contributed by atoms with E-state index in [1.807, 2.05) is 0 Å². The topological polar surface area (TPSA) is 42.2 Å². The molecule has 0 saturated carbocycles. The van der Waals surface area contributed by atoms with Crippen molar-refractivity contribution in [2.45, 2.75) is 20.3 Å². The van der Waals surface area contributed by atoms with Gasteiger partial charge in [-0.15, -0.1) is 11.3 Å². The number of nitrogens with zero attached hydrogens (tertiary/aromatic N) is 2. The van der Waals surface area contributed by atoms with Crippen molar-refractivity contribution >= 4 is 27.4 Å². The second-order valence-electron chi connectivity index (χ2n) is 6.05. The Hall–Kier alpha value is -2.05. The van der Waals surface area contributed by atoms with Gasteiger partial charge in [-0.25, -0.2) is 14.4 Å². The van der Waals surface area contributed by atoms with Crippen LogP contribution in [-0.2, 0) is 0 Å². The normalized spacial score (nSPS) is 11.4. The highest BCUT2D eigenvalue weighted by molar-refractivity contribution is 7.17. The van der Waals surface area contributed by atoms with Gasteiger partial charge in [0.05, 0.1) is 25.0 Å². The molecular formula is C19H24FN4S+. The minimum atomic E-state index is -0.225. The first-order chi connectivity index (χ1) is 12.2. The predicted octanol–water partition coefficient (Wildman–Crippen LogP) is 3.22. The van der Waals surface area contributed by atoms with Crippen molar-refractivity contribution in [1.82, 2.24) is 9.97 Å². The van der Waals surface area contributed by atoms with Crippen molar-refractivity contribution in [2.24, 2.45) is 0 Å². The quantitative estimate of drug-likeness (QED) is 0.607. The predicted molar refractivity (Wildman–Crippen MR) is 103 cm³/mol. The van der Waals surface area contributed by atoms with Crippen LogP contribution in [0.2, 0.25) is 0 Å². The van der Waals surface area contributed by atoms with Gasteiger partial charge in [0.25, 0.3) is 0 Å². The van der Waals surface area contributed by atoms with E-state index in [-0.39, 0.29) is 5.82 Å². The summed E-state index contributed by atoms with van der Waals surface area (Å²) >= 11 is 1.59. The van der Waals surface area contributed by atoms with Gasteiger partial charge in [0.15, 0.2) is 0 Å². The summed E-state index contributed by atoms with van der Waals surface area (Å²) in [6, 6.07) is 6.58. The molecule has 3 rings (SSSR count). The van der Waals surface area contributed by atoms with Gasteiger partial charge < -0.3 is 10.2 Å². The summed E-state index contributed by atoms with van der Waals surface area (Å²) in [6.45, 7) is 8.80. The van der Waals surface area contributed by atoms with Crippen molar-refractivity contribution in [2.75, 3.05) is 31.5 Å². The van der Waals surface area contributed by atoms with E-state index < -0.39 is 0 Å². The van der Waals surface area contributed by atoms with Crippen molar-refractivity contribution in [3.05, 3.63) is 41.8 Å². The maximum atomic E-state index is 13.2. The Kier molecular flexibility index (Phi) is 5.94. The largest absolute Gasteiger partial charge is 0.369 e. The number of thiophene rings is 1. The van der Waals surface area contributed by atoms with Crippen LogP contribution in [0.1, 0.15) is 20.3 Å². The van der Waals surface area contributed by atoms with Crippen LogP contribution in [0.4, 0.5) is 10.2 Å². The van der Waals surface area contributed by atoms with E-state index in [2.05, 4.69) is 34.5 Å². The highest BCUT2D eigenvalue weighted by Gasteiger charge is 2.13. The lowest BCUT2D eigenvalue weighted by Gasteiger charge is -2.15. The number of aromatic nitrogens is 2. The SMILES string of the molecule is CC[NH+](CC)CCCNc1ncnc2scc(-c3ccc(F)cc3)c12. The number of nitrogens with one attached hydrogen (secondary N) is 2. The van der Waals surface area contributed by atoms with E-state index in [9.17, 15) is 4.39 Å². The number of anilines is 1. The molecule has 0 aliphatic heterocycles. The Morgan fingerprint density at radius 1 is 1.12 bits per heavy atom. The van der Waals surface area contributed by atoms with Crippen LogP contribution in [0.25, 0.3) is 21.3 Å². The molecule has 132 valence electrons. The monoisotopic (exact) mass is 359 g/mol. The van der Waals surface area contributed by atoms with Crippen molar-refractivity contribution in [3.63, 3.8) is 0 Å². The molecule has 0 fully saturated rings. The maximum Gasteiger partial charge on any atom is 0.138 e. The van der Waals surface area contributed by atoms with Gasteiger partial charge in [0.1, 0.15) is 22.8 Å². The third-order valence-corrected chi connectivity index (χ3v) is 5.41. The summed E-state index contributed by atoms with van der Waals surface area (Å²) in [5.74, 6) is 0.636. The summed E-state index contributed by atoms with van der Waals surface area (Å²) in [5, 5.41) is 6.56. The highest BCUT2D eigenvalue weighted by Crippen LogP contribution is 2.36. The fourth-order valence-electron chi connectivity index (χ4n) is 3.00. The van der Waals surface area contributed by atoms with Crippen LogP contribution in [0.5, 0.6) is 0 Å². The molecule has 0 aliphatic carbocycles. The Morgan fingerprint density at radius 3 is 2.60 bits per heavy atom.